The zero-order chi connectivity index (χ0) is 15.2. The zero-order valence-corrected chi connectivity index (χ0v) is 18.0. The van der Waals surface area contributed by atoms with Crippen molar-refractivity contribution in [3.63, 3.8) is 0 Å². The van der Waals surface area contributed by atoms with Crippen molar-refractivity contribution >= 4 is 0 Å². The van der Waals surface area contributed by atoms with Crippen molar-refractivity contribution in [1.29, 1.82) is 0 Å². The quantitative estimate of drug-likeness (QED) is 0.603. The van der Waals surface area contributed by atoms with E-state index in [1.807, 2.05) is 6.08 Å². The Morgan fingerprint density at radius 2 is 1.48 bits per heavy atom. The smallest absolute Gasteiger partial charge is 1.00 e. The fourth-order valence-electron chi connectivity index (χ4n) is 3.35. The Morgan fingerprint density at radius 1 is 1.00 bits per heavy atom. The van der Waals surface area contributed by atoms with Gasteiger partial charge in [-0.2, -0.15) is 0 Å². The van der Waals surface area contributed by atoms with Crippen LogP contribution in [0, 0.1) is 22.2 Å². The monoisotopic (exact) mass is 390 g/mol. The van der Waals surface area contributed by atoms with Crippen LogP contribution in [0.25, 0.3) is 0 Å². The summed E-state index contributed by atoms with van der Waals surface area (Å²) >= 11 is 0. The van der Waals surface area contributed by atoms with Crippen molar-refractivity contribution in [2.75, 3.05) is 0 Å². The largest absolute Gasteiger partial charge is 3.00 e. The van der Waals surface area contributed by atoms with Gasteiger partial charge in [-0.25, -0.2) is 0 Å². The number of rotatable bonds is 1. The van der Waals surface area contributed by atoms with Gasteiger partial charge < -0.3 is 29.9 Å². The fourth-order valence-corrected chi connectivity index (χ4v) is 3.35. The summed E-state index contributed by atoms with van der Waals surface area (Å²) in [6.45, 7) is 13.5. The molecular weight excluding hydrogens is 363 g/mol. The van der Waals surface area contributed by atoms with E-state index < -0.39 is 0 Å². The van der Waals surface area contributed by atoms with Crippen LogP contribution in [0.4, 0.5) is 0 Å². The predicted octanol–water partition coefficient (Wildman–Crippen LogP) is -0.415. The van der Waals surface area contributed by atoms with Crippen LogP contribution in [0.3, 0.4) is 0 Å². The molecule has 0 fully saturated rings. The van der Waals surface area contributed by atoms with Crippen LogP contribution in [0.1, 0.15) is 48.0 Å². The third-order valence-corrected chi connectivity index (χ3v) is 4.91. The molecule has 0 heterocycles. The predicted molar refractivity (Wildman–Crippen MR) is 86.5 cm³/mol. The maximum absolute atomic E-state index is 10.3. The summed E-state index contributed by atoms with van der Waals surface area (Å²) in [6.07, 6.45) is 13.8. The standard InChI is InChI=1S/C19H28O.2ClH.Ti/c1-17(2,3)15-11-16(20)13-19(12-15,18(4,5)6)14-9-7-8-10-14;;;/h7-11,13-14,20H,12H2,1-6H3;2*1H;/q;;;+3/p-2. The molecule has 1 radical (unpaired) electrons. The molecule has 2 aliphatic rings. The Labute approximate surface area is 169 Å². The van der Waals surface area contributed by atoms with E-state index in [9.17, 15) is 5.11 Å². The van der Waals surface area contributed by atoms with E-state index in [0.29, 0.717) is 11.7 Å². The van der Waals surface area contributed by atoms with Crippen LogP contribution in [-0.2, 0) is 21.7 Å². The molecule has 23 heavy (non-hydrogen) atoms. The maximum Gasteiger partial charge on any atom is 3.00 e. The summed E-state index contributed by atoms with van der Waals surface area (Å²) in [7, 11) is 0. The minimum atomic E-state index is -0.0576. The molecule has 0 aromatic rings. The fraction of sp³-hybridized carbons (Fsp3) is 0.579. The van der Waals surface area contributed by atoms with Gasteiger partial charge >= 0.3 is 21.7 Å². The molecule has 2 aliphatic carbocycles. The minimum Gasteiger partial charge on any atom is -1.00 e. The maximum atomic E-state index is 10.3. The first-order chi connectivity index (χ1) is 9.06. The summed E-state index contributed by atoms with van der Waals surface area (Å²) in [5.74, 6) is 0.778. The summed E-state index contributed by atoms with van der Waals surface area (Å²) in [6, 6.07) is 0. The molecule has 0 saturated carbocycles. The first-order valence-electron chi connectivity index (χ1n) is 7.54. The first kappa shape index (κ1) is 25.3. The number of allylic oxidation sites excluding steroid dienone is 7. The number of hydrogen-bond donors (Lipinski definition) is 1. The summed E-state index contributed by atoms with van der Waals surface area (Å²) in [4.78, 5) is 0. The van der Waals surface area contributed by atoms with Gasteiger partial charge in [-0.1, -0.05) is 71.4 Å². The topological polar surface area (TPSA) is 20.2 Å². The van der Waals surface area contributed by atoms with Crippen LogP contribution in [-0.4, -0.2) is 5.11 Å². The number of aliphatic hydroxyl groups excluding tert-OH is 1. The molecule has 2 rings (SSSR count). The Morgan fingerprint density at radius 3 is 1.87 bits per heavy atom. The Kier molecular flexibility index (Phi) is 9.27. The summed E-state index contributed by atoms with van der Waals surface area (Å²) in [5, 5.41) is 10.3. The van der Waals surface area contributed by atoms with Crippen LogP contribution in [0.2, 0.25) is 0 Å². The van der Waals surface area contributed by atoms with Crippen LogP contribution in [0.15, 0.2) is 47.8 Å². The molecule has 4 heteroatoms. The van der Waals surface area contributed by atoms with Gasteiger partial charge in [0.25, 0.3) is 0 Å². The molecule has 0 aliphatic heterocycles. The van der Waals surface area contributed by atoms with Gasteiger partial charge in [0.1, 0.15) is 5.76 Å². The molecule has 1 N–H and O–H groups in total. The van der Waals surface area contributed by atoms with E-state index in [-0.39, 0.29) is 62.8 Å². The third kappa shape index (κ3) is 5.02. The molecule has 0 saturated heterocycles. The molecule has 1 nitrogen and oxygen atoms in total. The van der Waals surface area contributed by atoms with Crippen molar-refractivity contribution in [3.05, 3.63) is 47.8 Å². The number of aliphatic hydroxyl groups is 1. The zero-order valence-electron chi connectivity index (χ0n) is 15.0. The second kappa shape index (κ2) is 8.43. The molecule has 0 aromatic carbocycles. The molecule has 0 aromatic heterocycles. The molecule has 127 valence electrons. The van der Waals surface area contributed by atoms with Crippen LogP contribution in [0.5, 0.6) is 0 Å². The van der Waals surface area contributed by atoms with Crippen molar-refractivity contribution in [2.45, 2.75) is 48.0 Å². The van der Waals surface area contributed by atoms with E-state index in [1.54, 1.807) is 0 Å². The Bertz CT molecular complexity index is 506. The third-order valence-electron chi connectivity index (χ3n) is 4.91. The molecule has 0 bridgehead atoms. The van der Waals surface area contributed by atoms with Crippen molar-refractivity contribution in [1.82, 2.24) is 0 Å². The average molecular weight is 391 g/mol. The van der Waals surface area contributed by atoms with Crippen molar-refractivity contribution in [3.8, 4) is 0 Å². The van der Waals surface area contributed by atoms with E-state index in [0.717, 1.165) is 6.42 Å². The van der Waals surface area contributed by atoms with Gasteiger partial charge in [-0.05, 0) is 29.4 Å². The Hall–Kier alpha value is 0.0543. The SMILES string of the molecule is CC(C)(C)C1=CC(O)=CC(C2C=CC=C2)(C(C)(C)C)C1.[Cl-].[Cl-].[Ti+3]. The van der Waals surface area contributed by atoms with E-state index in [4.69, 9.17) is 0 Å². The first-order valence-corrected chi connectivity index (χ1v) is 7.54. The second-order valence-corrected chi connectivity index (χ2v) is 8.25. The number of halogens is 2. The molecule has 0 amide bonds. The molecule has 1 atom stereocenters. The van der Waals surface area contributed by atoms with Gasteiger partial charge in [0, 0.05) is 11.3 Å². The van der Waals surface area contributed by atoms with E-state index >= 15 is 0 Å². The van der Waals surface area contributed by atoms with Gasteiger partial charge in [0.2, 0.25) is 0 Å². The van der Waals surface area contributed by atoms with Gasteiger partial charge in [-0.15, -0.1) is 0 Å². The summed E-state index contributed by atoms with van der Waals surface area (Å²) < 4.78 is 0. The average Bonchev–Trinajstić information content (AvgIpc) is 2.78. The van der Waals surface area contributed by atoms with Crippen molar-refractivity contribution in [2.24, 2.45) is 22.2 Å². The summed E-state index contributed by atoms with van der Waals surface area (Å²) in [5.41, 5.74) is 1.44. The molecular formula is C19H28Cl2OTi+. The van der Waals surface area contributed by atoms with E-state index in [1.165, 1.54) is 5.57 Å². The van der Waals surface area contributed by atoms with Crippen molar-refractivity contribution < 1.29 is 51.6 Å². The van der Waals surface area contributed by atoms with E-state index in [2.05, 4.69) is 71.9 Å². The molecule has 0 spiro atoms. The Balaban J connectivity index is 0. The number of hydrogen-bond acceptors (Lipinski definition) is 1. The van der Waals surface area contributed by atoms with Gasteiger partial charge in [0.05, 0.1) is 0 Å². The normalized spacial score (nSPS) is 24.1. The van der Waals surface area contributed by atoms with Crippen LogP contribution < -0.4 is 24.8 Å². The minimum absolute atomic E-state index is 0. The van der Waals surface area contributed by atoms with Crippen LogP contribution >= 0.6 is 0 Å². The van der Waals surface area contributed by atoms with Gasteiger partial charge in [0.15, 0.2) is 0 Å². The van der Waals surface area contributed by atoms with Gasteiger partial charge in [-0.3, -0.25) is 0 Å². The molecule has 1 unspecified atom stereocenters. The second-order valence-electron chi connectivity index (χ2n) is 8.25.